The van der Waals surface area contributed by atoms with Crippen molar-refractivity contribution in [3.8, 4) is 0 Å². The second-order valence-electron chi connectivity index (χ2n) is 4.50. The lowest BCUT2D eigenvalue weighted by molar-refractivity contribution is 0.0947. The summed E-state index contributed by atoms with van der Waals surface area (Å²) in [5.41, 5.74) is 0.267. The Morgan fingerprint density at radius 1 is 1.56 bits per heavy atom. The van der Waals surface area contributed by atoms with E-state index in [1.807, 2.05) is 0 Å². The van der Waals surface area contributed by atoms with E-state index in [0.29, 0.717) is 12.5 Å². The largest absolute Gasteiger partial charge is 0.352 e. The Balaban J connectivity index is 1.93. The van der Waals surface area contributed by atoms with E-state index in [1.54, 1.807) is 0 Å². The molecule has 0 saturated carbocycles. The molecule has 5 nitrogen and oxygen atoms in total. The Kier molecular flexibility index (Phi) is 4.37. The van der Waals surface area contributed by atoms with Crippen LogP contribution in [0.25, 0.3) is 0 Å². The molecule has 2 rings (SSSR count). The molecule has 1 aromatic rings. The first-order valence-corrected chi connectivity index (χ1v) is 6.47. The van der Waals surface area contributed by atoms with E-state index < -0.39 is 0 Å². The third-order valence-electron chi connectivity index (χ3n) is 3.00. The van der Waals surface area contributed by atoms with Gasteiger partial charge in [-0.25, -0.2) is 0 Å². The molecule has 1 atom stereocenters. The summed E-state index contributed by atoms with van der Waals surface area (Å²) in [7, 11) is 2.07. The molecular formula is C11H14Cl2N4O. The van der Waals surface area contributed by atoms with Crippen molar-refractivity contribution in [2.45, 2.75) is 6.42 Å². The Hall–Kier alpha value is -0.910. The van der Waals surface area contributed by atoms with Crippen LogP contribution in [0.3, 0.4) is 0 Å². The van der Waals surface area contributed by atoms with Gasteiger partial charge in [0, 0.05) is 13.1 Å². The number of rotatable bonds is 3. The molecule has 0 aliphatic carbocycles. The molecule has 0 bridgehead atoms. The molecule has 7 heteroatoms. The van der Waals surface area contributed by atoms with Crippen LogP contribution in [-0.4, -0.2) is 47.7 Å². The smallest absolute Gasteiger partial charge is 0.254 e. The van der Waals surface area contributed by atoms with Crippen LogP contribution in [-0.2, 0) is 0 Å². The molecule has 1 aliphatic rings. The van der Waals surface area contributed by atoms with E-state index in [0.717, 1.165) is 19.5 Å². The normalized spacial score (nSPS) is 20.1. The number of nitrogens with zero attached hydrogens (tertiary/aromatic N) is 3. The molecule has 1 aliphatic heterocycles. The second kappa shape index (κ2) is 5.82. The number of carbonyl (C=O) groups is 1. The van der Waals surface area contributed by atoms with Gasteiger partial charge >= 0.3 is 0 Å². The summed E-state index contributed by atoms with van der Waals surface area (Å²) in [5, 5.41) is 10.3. The van der Waals surface area contributed by atoms with Crippen molar-refractivity contribution in [2.75, 3.05) is 26.7 Å². The number of aromatic nitrogens is 2. The molecule has 1 saturated heterocycles. The predicted octanol–water partition coefficient (Wildman–Crippen LogP) is 1.46. The molecule has 0 spiro atoms. The van der Waals surface area contributed by atoms with Crippen LogP contribution in [0.2, 0.25) is 10.3 Å². The lowest BCUT2D eigenvalue weighted by Gasteiger charge is -2.12. The molecular weight excluding hydrogens is 275 g/mol. The van der Waals surface area contributed by atoms with Crippen molar-refractivity contribution in [3.05, 3.63) is 21.9 Å². The van der Waals surface area contributed by atoms with Crippen LogP contribution >= 0.6 is 23.2 Å². The van der Waals surface area contributed by atoms with Crippen molar-refractivity contribution in [3.63, 3.8) is 0 Å². The molecule has 1 unspecified atom stereocenters. The lowest BCUT2D eigenvalue weighted by Crippen LogP contribution is -2.30. The van der Waals surface area contributed by atoms with E-state index in [1.165, 1.54) is 6.07 Å². The Morgan fingerprint density at radius 2 is 2.33 bits per heavy atom. The summed E-state index contributed by atoms with van der Waals surface area (Å²) in [6.45, 7) is 2.72. The number of carbonyl (C=O) groups excluding carboxylic acids is 1. The minimum absolute atomic E-state index is 0.0699. The van der Waals surface area contributed by atoms with Gasteiger partial charge in [-0.1, -0.05) is 23.2 Å². The maximum Gasteiger partial charge on any atom is 0.254 e. The van der Waals surface area contributed by atoms with Crippen molar-refractivity contribution < 1.29 is 4.79 Å². The van der Waals surface area contributed by atoms with E-state index in [9.17, 15) is 4.79 Å². The number of likely N-dealkylation sites (tertiary alicyclic amines) is 1. The van der Waals surface area contributed by atoms with Gasteiger partial charge in [0.2, 0.25) is 0 Å². The van der Waals surface area contributed by atoms with Crippen molar-refractivity contribution in [1.29, 1.82) is 0 Å². The Labute approximate surface area is 115 Å². The highest BCUT2D eigenvalue weighted by atomic mass is 35.5. The monoisotopic (exact) mass is 288 g/mol. The minimum atomic E-state index is -0.258. The van der Waals surface area contributed by atoms with Gasteiger partial charge in [0.1, 0.15) is 0 Å². The van der Waals surface area contributed by atoms with Crippen LogP contribution in [0.1, 0.15) is 16.8 Å². The maximum absolute atomic E-state index is 11.9. The molecule has 0 aromatic carbocycles. The van der Waals surface area contributed by atoms with Gasteiger partial charge in [-0.3, -0.25) is 4.79 Å². The zero-order chi connectivity index (χ0) is 13.1. The topological polar surface area (TPSA) is 58.1 Å². The zero-order valence-electron chi connectivity index (χ0n) is 9.99. The Morgan fingerprint density at radius 3 is 3.00 bits per heavy atom. The summed E-state index contributed by atoms with van der Waals surface area (Å²) < 4.78 is 0. The van der Waals surface area contributed by atoms with Crippen molar-refractivity contribution in [2.24, 2.45) is 5.92 Å². The van der Waals surface area contributed by atoms with Crippen LogP contribution in [0.15, 0.2) is 6.07 Å². The number of hydrogen-bond acceptors (Lipinski definition) is 4. The fourth-order valence-electron chi connectivity index (χ4n) is 2.04. The molecule has 1 fully saturated rings. The number of nitrogens with one attached hydrogen (secondary N) is 1. The minimum Gasteiger partial charge on any atom is -0.352 e. The van der Waals surface area contributed by atoms with E-state index in [4.69, 9.17) is 23.2 Å². The van der Waals surface area contributed by atoms with E-state index in [-0.39, 0.29) is 21.8 Å². The number of halogens is 2. The van der Waals surface area contributed by atoms with Crippen LogP contribution < -0.4 is 5.32 Å². The second-order valence-corrected chi connectivity index (χ2v) is 5.24. The van der Waals surface area contributed by atoms with Gasteiger partial charge in [-0.05, 0) is 32.0 Å². The fraction of sp³-hybridized carbons (Fsp3) is 0.545. The summed E-state index contributed by atoms with van der Waals surface area (Å²) in [6, 6.07) is 1.42. The maximum atomic E-state index is 11.9. The van der Waals surface area contributed by atoms with Gasteiger partial charge in [0.05, 0.1) is 5.56 Å². The molecule has 2 heterocycles. The van der Waals surface area contributed by atoms with Gasteiger partial charge < -0.3 is 10.2 Å². The van der Waals surface area contributed by atoms with Gasteiger partial charge in [0.25, 0.3) is 5.91 Å². The fourth-order valence-corrected chi connectivity index (χ4v) is 2.36. The van der Waals surface area contributed by atoms with Crippen LogP contribution in [0.5, 0.6) is 0 Å². The summed E-state index contributed by atoms with van der Waals surface area (Å²) in [4.78, 5) is 14.2. The highest BCUT2D eigenvalue weighted by Gasteiger charge is 2.21. The van der Waals surface area contributed by atoms with Gasteiger partial charge in [0.15, 0.2) is 10.3 Å². The standard InChI is InChI=1S/C11H14Cl2N4O/c1-17-3-2-7(6-17)5-14-11(18)8-4-9(12)15-16-10(8)13/h4,7H,2-3,5-6H2,1H3,(H,14,18). The average Bonchev–Trinajstić information content (AvgIpc) is 2.75. The Bertz CT molecular complexity index is 455. The number of hydrogen-bond donors (Lipinski definition) is 1. The molecule has 1 aromatic heterocycles. The van der Waals surface area contributed by atoms with Crippen LogP contribution in [0.4, 0.5) is 0 Å². The summed E-state index contributed by atoms with van der Waals surface area (Å²) >= 11 is 11.5. The van der Waals surface area contributed by atoms with Gasteiger partial charge in [-0.15, -0.1) is 10.2 Å². The van der Waals surface area contributed by atoms with E-state index >= 15 is 0 Å². The number of amides is 1. The third kappa shape index (κ3) is 3.31. The quantitative estimate of drug-likeness (QED) is 0.915. The molecule has 18 heavy (non-hydrogen) atoms. The SMILES string of the molecule is CN1CCC(CNC(=O)c2cc(Cl)nnc2Cl)C1. The molecule has 1 amide bonds. The summed E-state index contributed by atoms with van der Waals surface area (Å²) in [5.74, 6) is 0.231. The lowest BCUT2D eigenvalue weighted by atomic mass is 10.1. The average molecular weight is 289 g/mol. The van der Waals surface area contributed by atoms with Crippen molar-refractivity contribution >= 4 is 29.1 Å². The highest BCUT2D eigenvalue weighted by molar-refractivity contribution is 6.34. The third-order valence-corrected chi connectivity index (χ3v) is 3.47. The van der Waals surface area contributed by atoms with E-state index in [2.05, 4.69) is 27.5 Å². The predicted molar refractivity (Wildman–Crippen MR) is 70.0 cm³/mol. The van der Waals surface area contributed by atoms with Crippen molar-refractivity contribution in [1.82, 2.24) is 20.4 Å². The first kappa shape index (κ1) is 13.5. The van der Waals surface area contributed by atoms with Gasteiger partial charge in [-0.2, -0.15) is 0 Å². The van der Waals surface area contributed by atoms with Crippen LogP contribution in [0, 0.1) is 5.92 Å². The molecule has 1 N–H and O–H groups in total. The first-order chi connectivity index (χ1) is 8.56. The summed E-state index contributed by atoms with van der Waals surface area (Å²) in [6.07, 6.45) is 1.10. The molecule has 98 valence electrons. The highest BCUT2D eigenvalue weighted by Crippen LogP contribution is 2.16. The molecule has 0 radical (unpaired) electrons. The zero-order valence-corrected chi connectivity index (χ0v) is 11.5. The first-order valence-electron chi connectivity index (χ1n) is 5.71.